The zero-order valence-corrected chi connectivity index (χ0v) is 19.1. The van der Waals surface area contributed by atoms with Crippen LogP contribution in [0.5, 0.6) is 0 Å². The van der Waals surface area contributed by atoms with Crippen LogP contribution >= 0.6 is 0 Å². The van der Waals surface area contributed by atoms with Gasteiger partial charge in [0.1, 0.15) is 0 Å². The minimum atomic E-state index is 0.780. The van der Waals surface area contributed by atoms with Crippen molar-refractivity contribution in [2.75, 3.05) is 0 Å². The fourth-order valence-electron chi connectivity index (χ4n) is 5.89. The van der Waals surface area contributed by atoms with Crippen molar-refractivity contribution in [3.05, 3.63) is 69.8 Å². The van der Waals surface area contributed by atoms with E-state index in [0.29, 0.717) is 0 Å². The Morgan fingerprint density at radius 3 is 1.31 bits per heavy atom. The van der Waals surface area contributed by atoms with Crippen LogP contribution in [0.3, 0.4) is 0 Å². The molecule has 29 heavy (non-hydrogen) atoms. The lowest BCUT2D eigenvalue weighted by molar-refractivity contribution is 0.347. The number of rotatable bonds is 4. The maximum atomic E-state index is 2.53. The summed E-state index contributed by atoms with van der Waals surface area (Å²) in [5, 5.41) is 0. The minimum Gasteiger partial charge on any atom is -0.0625 e. The first-order valence-corrected chi connectivity index (χ1v) is 12.2. The number of aryl methyl sites for hydroxylation is 2. The first-order chi connectivity index (χ1) is 14.0. The van der Waals surface area contributed by atoms with Gasteiger partial charge in [0.25, 0.3) is 0 Å². The van der Waals surface area contributed by atoms with E-state index in [0.717, 1.165) is 30.1 Å². The molecule has 4 rings (SSSR count). The van der Waals surface area contributed by atoms with E-state index in [2.05, 4.69) is 64.1 Å². The van der Waals surface area contributed by atoms with Crippen molar-refractivity contribution < 1.29 is 0 Å². The quantitative estimate of drug-likeness (QED) is 0.492. The summed E-state index contributed by atoms with van der Waals surface area (Å²) < 4.78 is 0. The lowest BCUT2D eigenvalue weighted by atomic mass is 9.78. The van der Waals surface area contributed by atoms with E-state index in [1.807, 2.05) is 0 Å². The lowest BCUT2D eigenvalue weighted by Crippen LogP contribution is -2.11. The molecule has 0 N–H and O–H groups in total. The Morgan fingerprint density at radius 1 is 0.552 bits per heavy atom. The Hall–Kier alpha value is -1.56. The molecule has 0 radical (unpaired) electrons. The van der Waals surface area contributed by atoms with Crippen LogP contribution in [0.4, 0.5) is 0 Å². The summed E-state index contributed by atoms with van der Waals surface area (Å²) in [6, 6.07) is 14.8. The molecule has 0 amide bonds. The molecule has 0 heteroatoms. The number of hydrogen-bond donors (Lipinski definition) is 0. The predicted molar refractivity (Wildman–Crippen MR) is 126 cm³/mol. The van der Waals surface area contributed by atoms with E-state index >= 15 is 0 Å². The van der Waals surface area contributed by atoms with Gasteiger partial charge < -0.3 is 0 Å². The van der Waals surface area contributed by atoms with Gasteiger partial charge in [-0.15, -0.1) is 0 Å². The van der Waals surface area contributed by atoms with Gasteiger partial charge in [0.05, 0.1) is 0 Å². The standard InChI is InChI=1S/C29H40/c1-20-5-9-26(10-6-20)28-15-22(3)13-24(18-28)17-25-14-23(4)16-29(19-25)27-11-7-21(2)8-12-27/h13-16,18-21,26-27H,5-12,17H2,1-4H3. The topological polar surface area (TPSA) is 0 Å². The van der Waals surface area contributed by atoms with Crippen LogP contribution in [0.2, 0.25) is 0 Å². The number of hydrogen-bond acceptors (Lipinski definition) is 0. The Morgan fingerprint density at radius 2 is 0.931 bits per heavy atom. The van der Waals surface area contributed by atoms with Gasteiger partial charge in [0.15, 0.2) is 0 Å². The Labute approximate surface area is 179 Å². The van der Waals surface area contributed by atoms with E-state index in [4.69, 9.17) is 0 Å². The van der Waals surface area contributed by atoms with Crippen LogP contribution in [-0.4, -0.2) is 0 Å². The van der Waals surface area contributed by atoms with Gasteiger partial charge in [0, 0.05) is 0 Å². The van der Waals surface area contributed by atoms with Crippen molar-refractivity contribution in [3.63, 3.8) is 0 Å². The highest BCUT2D eigenvalue weighted by molar-refractivity contribution is 5.38. The van der Waals surface area contributed by atoms with Crippen molar-refractivity contribution in [2.45, 2.75) is 97.3 Å². The maximum Gasteiger partial charge on any atom is -0.00254 e. The molecule has 2 aliphatic carbocycles. The molecule has 0 heterocycles. The summed E-state index contributed by atoms with van der Waals surface area (Å²) in [5.74, 6) is 3.40. The molecule has 0 bridgehead atoms. The lowest BCUT2D eigenvalue weighted by Gasteiger charge is -2.27. The molecule has 2 aromatic rings. The van der Waals surface area contributed by atoms with Crippen molar-refractivity contribution in [2.24, 2.45) is 11.8 Å². The molecule has 0 spiro atoms. The molecule has 2 fully saturated rings. The molecule has 2 aromatic carbocycles. The van der Waals surface area contributed by atoms with Crippen LogP contribution in [0, 0.1) is 25.7 Å². The van der Waals surface area contributed by atoms with Crippen LogP contribution in [0.1, 0.15) is 110 Å². The van der Waals surface area contributed by atoms with Gasteiger partial charge in [-0.2, -0.15) is 0 Å². The first-order valence-electron chi connectivity index (χ1n) is 12.2. The van der Waals surface area contributed by atoms with Crippen molar-refractivity contribution in [1.82, 2.24) is 0 Å². The molecular weight excluding hydrogens is 348 g/mol. The van der Waals surface area contributed by atoms with Crippen LogP contribution in [-0.2, 0) is 6.42 Å². The minimum absolute atomic E-state index is 0.780. The van der Waals surface area contributed by atoms with Gasteiger partial charge >= 0.3 is 0 Å². The third kappa shape index (κ3) is 5.33. The third-order valence-electron chi connectivity index (χ3n) is 7.70. The van der Waals surface area contributed by atoms with Crippen LogP contribution < -0.4 is 0 Å². The highest BCUT2D eigenvalue weighted by Crippen LogP contribution is 2.38. The summed E-state index contributed by atoms with van der Waals surface area (Å²) in [6.07, 6.45) is 12.2. The first kappa shape index (κ1) is 20.7. The van der Waals surface area contributed by atoms with Crippen LogP contribution in [0.15, 0.2) is 36.4 Å². The second kappa shape index (κ2) is 9.07. The smallest absolute Gasteiger partial charge is 0.00254 e. The zero-order valence-electron chi connectivity index (χ0n) is 19.1. The fraction of sp³-hybridized carbons (Fsp3) is 0.586. The average molecular weight is 389 g/mol. The van der Waals surface area contributed by atoms with E-state index in [-0.39, 0.29) is 0 Å². The average Bonchev–Trinajstić information content (AvgIpc) is 2.68. The van der Waals surface area contributed by atoms with E-state index in [9.17, 15) is 0 Å². The molecule has 0 aromatic heterocycles. The summed E-state index contributed by atoms with van der Waals surface area (Å²) in [4.78, 5) is 0. The highest BCUT2D eigenvalue weighted by Gasteiger charge is 2.21. The summed E-state index contributed by atoms with van der Waals surface area (Å²) in [5.41, 5.74) is 9.08. The Kier molecular flexibility index (Phi) is 6.47. The summed E-state index contributed by atoms with van der Waals surface area (Å²) in [6.45, 7) is 9.40. The second-order valence-electron chi connectivity index (χ2n) is 10.6. The summed E-state index contributed by atoms with van der Waals surface area (Å²) >= 11 is 0. The predicted octanol–water partition coefficient (Wildman–Crippen LogP) is 8.48. The molecule has 156 valence electrons. The molecule has 0 nitrogen and oxygen atoms in total. The van der Waals surface area contributed by atoms with E-state index in [1.165, 1.54) is 73.6 Å². The molecule has 0 unspecified atom stereocenters. The Balaban J connectivity index is 1.53. The van der Waals surface area contributed by atoms with E-state index < -0.39 is 0 Å². The molecule has 0 aliphatic heterocycles. The fourth-order valence-corrected chi connectivity index (χ4v) is 5.89. The van der Waals surface area contributed by atoms with Crippen molar-refractivity contribution in [1.29, 1.82) is 0 Å². The van der Waals surface area contributed by atoms with Gasteiger partial charge in [0.2, 0.25) is 0 Å². The molecule has 0 saturated heterocycles. The van der Waals surface area contributed by atoms with Gasteiger partial charge in [-0.1, -0.05) is 87.1 Å². The SMILES string of the molecule is Cc1cc(Cc2cc(C)cc(C3CCC(C)CC3)c2)cc(C2CCC(C)CC2)c1. The molecule has 2 aliphatic rings. The van der Waals surface area contributed by atoms with Crippen LogP contribution in [0.25, 0.3) is 0 Å². The highest BCUT2D eigenvalue weighted by atomic mass is 14.3. The summed E-state index contributed by atoms with van der Waals surface area (Å²) in [7, 11) is 0. The second-order valence-corrected chi connectivity index (χ2v) is 10.6. The molecule has 2 saturated carbocycles. The molecule has 0 atom stereocenters. The van der Waals surface area contributed by atoms with Crippen molar-refractivity contribution in [3.8, 4) is 0 Å². The van der Waals surface area contributed by atoms with Gasteiger partial charge in [-0.25, -0.2) is 0 Å². The monoisotopic (exact) mass is 388 g/mol. The molecular formula is C29H40. The third-order valence-corrected chi connectivity index (χ3v) is 7.70. The Bertz CT molecular complexity index is 744. The van der Waals surface area contributed by atoms with Gasteiger partial charge in [-0.05, 0) is 91.9 Å². The zero-order chi connectivity index (χ0) is 20.4. The number of benzene rings is 2. The largest absolute Gasteiger partial charge is 0.0625 e. The maximum absolute atomic E-state index is 2.53. The normalized spacial score (nSPS) is 27.7. The van der Waals surface area contributed by atoms with E-state index in [1.54, 1.807) is 11.1 Å². The van der Waals surface area contributed by atoms with Crippen molar-refractivity contribution >= 4 is 0 Å². The van der Waals surface area contributed by atoms with Gasteiger partial charge in [-0.3, -0.25) is 0 Å².